The quantitative estimate of drug-likeness (QED) is 0.587. The minimum absolute atomic E-state index is 0.0235. The highest BCUT2D eigenvalue weighted by atomic mass is 16.4. The summed E-state index contributed by atoms with van der Waals surface area (Å²) in [4.78, 5) is 33.2. The van der Waals surface area contributed by atoms with Crippen LogP contribution in [-0.4, -0.2) is 29.6 Å². The average Bonchev–Trinajstić information content (AvgIpc) is 2.85. The van der Waals surface area contributed by atoms with Gasteiger partial charge in [0.1, 0.15) is 5.76 Å². The molecule has 0 saturated carbocycles. The number of amides is 3. The first-order chi connectivity index (χ1) is 9.72. The number of urea groups is 1. The highest BCUT2D eigenvalue weighted by Crippen LogP contribution is 2.19. The van der Waals surface area contributed by atoms with Crippen LogP contribution in [0.1, 0.15) is 36.6 Å². The van der Waals surface area contributed by atoms with E-state index in [4.69, 9.17) is 15.3 Å². The fraction of sp³-hybridized carbons (Fsp3) is 0.462. The summed E-state index contributed by atoms with van der Waals surface area (Å²) >= 11 is 0. The first kappa shape index (κ1) is 16.5. The minimum Gasteiger partial charge on any atom is -0.481 e. The Kier molecular flexibility index (Phi) is 5.34. The molecule has 5 N–H and O–H groups in total. The van der Waals surface area contributed by atoms with Crippen LogP contribution in [0.2, 0.25) is 0 Å². The number of hydrogen-bond acceptors (Lipinski definition) is 4. The summed E-state index contributed by atoms with van der Waals surface area (Å²) in [7, 11) is 0. The van der Waals surface area contributed by atoms with Gasteiger partial charge < -0.3 is 25.9 Å². The minimum atomic E-state index is -0.917. The molecule has 1 rings (SSSR count). The number of carbonyl (C=O) groups is 3. The van der Waals surface area contributed by atoms with Gasteiger partial charge in [-0.1, -0.05) is 0 Å². The van der Waals surface area contributed by atoms with Crippen molar-refractivity contribution in [3.63, 3.8) is 0 Å². The van der Waals surface area contributed by atoms with Gasteiger partial charge in [-0.25, -0.2) is 4.79 Å². The number of carboxylic acid groups (broad SMARTS) is 1. The van der Waals surface area contributed by atoms with E-state index in [2.05, 4.69) is 10.6 Å². The van der Waals surface area contributed by atoms with Crippen LogP contribution in [0.15, 0.2) is 16.5 Å². The molecule has 0 saturated heterocycles. The smallest absolute Gasteiger partial charge is 0.315 e. The largest absolute Gasteiger partial charge is 0.481 e. The molecule has 0 spiro atoms. The highest BCUT2D eigenvalue weighted by Gasteiger charge is 2.26. The Morgan fingerprint density at radius 2 is 1.95 bits per heavy atom. The molecule has 0 unspecified atom stereocenters. The molecule has 1 aromatic rings. The predicted molar refractivity (Wildman–Crippen MR) is 73.5 cm³/mol. The van der Waals surface area contributed by atoms with Crippen LogP contribution in [0.4, 0.5) is 4.79 Å². The second kappa shape index (κ2) is 6.78. The van der Waals surface area contributed by atoms with Crippen molar-refractivity contribution in [1.29, 1.82) is 0 Å². The Labute approximate surface area is 121 Å². The van der Waals surface area contributed by atoms with Gasteiger partial charge in [0, 0.05) is 6.54 Å². The lowest BCUT2D eigenvalue weighted by Gasteiger charge is -2.18. The monoisotopic (exact) mass is 297 g/mol. The number of carboxylic acids is 1. The molecule has 8 heteroatoms. The van der Waals surface area contributed by atoms with Gasteiger partial charge in [0.2, 0.25) is 0 Å². The maximum absolute atomic E-state index is 11.5. The normalized spacial score (nSPS) is 11.0. The summed E-state index contributed by atoms with van der Waals surface area (Å²) in [5.74, 6) is -1.18. The van der Waals surface area contributed by atoms with Crippen molar-refractivity contribution in [1.82, 2.24) is 10.6 Å². The van der Waals surface area contributed by atoms with Crippen molar-refractivity contribution in [2.75, 3.05) is 6.54 Å². The van der Waals surface area contributed by atoms with E-state index in [0.717, 1.165) is 0 Å². The summed E-state index contributed by atoms with van der Waals surface area (Å²) in [6, 6.07) is 2.51. The van der Waals surface area contributed by atoms with Crippen LogP contribution >= 0.6 is 0 Å². The van der Waals surface area contributed by atoms with Gasteiger partial charge in [-0.3, -0.25) is 9.59 Å². The molecule has 8 nitrogen and oxygen atoms in total. The molecule has 0 aromatic carbocycles. The summed E-state index contributed by atoms with van der Waals surface area (Å²) in [6.45, 7) is 3.50. The molecule has 0 atom stereocenters. The molecule has 1 heterocycles. The van der Waals surface area contributed by atoms with Crippen molar-refractivity contribution in [2.24, 2.45) is 11.1 Å². The molecule has 0 aliphatic heterocycles. The van der Waals surface area contributed by atoms with Crippen LogP contribution < -0.4 is 16.4 Å². The Balaban J connectivity index is 2.31. The molecule has 3 amide bonds. The van der Waals surface area contributed by atoms with Crippen LogP contribution in [-0.2, 0) is 11.3 Å². The van der Waals surface area contributed by atoms with E-state index in [1.807, 2.05) is 0 Å². The van der Waals surface area contributed by atoms with Crippen molar-refractivity contribution in [3.05, 3.63) is 23.7 Å². The van der Waals surface area contributed by atoms with Crippen LogP contribution in [0, 0.1) is 5.41 Å². The Morgan fingerprint density at radius 1 is 1.29 bits per heavy atom. The first-order valence-electron chi connectivity index (χ1n) is 6.36. The predicted octanol–water partition coefficient (Wildman–Crippen LogP) is 0.679. The Bertz CT molecular complexity index is 536. The van der Waals surface area contributed by atoms with Crippen molar-refractivity contribution in [2.45, 2.75) is 26.8 Å². The van der Waals surface area contributed by atoms with E-state index in [9.17, 15) is 14.4 Å². The number of nitrogens with one attached hydrogen (secondary N) is 2. The number of nitrogens with two attached hydrogens (primary N) is 1. The van der Waals surface area contributed by atoms with Gasteiger partial charge in [0.15, 0.2) is 5.76 Å². The molecule has 0 aliphatic rings. The lowest BCUT2D eigenvalue weighted by atomic mass is 9.90. The standard InChI is InChI=1S/C13H19N3O5/c1-13(2,11(18)19)5-6-15-12(20)16-7-8-3-4-9(21-8)10(14)17/h3-4H,5-7H2,1-2H3,(H2,14,17)(H,18,19)(H2,15,16,20). The van der Waals surface area contributed by atoms with E-state index in [-0.39, 0.29) is 18.8 Å². The number of primary amides is 1. The van der Waals surface area contributed by atoms with E-state index < -0.39 is 23.3 Å². The lowest BCUT2D eigenvalue weighted by molar-refractivity contribution is -0.147. The van der Waals surface area contributed by atoms with Gasteiger partial charge in [-0.15, -0.1) is 0 Å². The van der Waals surface area contributed by atoms with Crippen LogP contribution in [0.5, 0.6) is 0 Å². The first-order valence-corrected chi connectivity index (χ1v) is 6.36. The molecule has 0 bridgehead atoms. The Morgan fingerprint density at radius 3 is 2.48 bits per heavy atom. The van der Waals surface area contributed by atoms with Crippen molar-refractivity contribution < 1.29 is 23.9 Å². The number of rotatable bonds is 7. The van der Waals surface area contributed by atoms with Crippen LogP contribution in [0.25, 0.3) is 0 Å². The third-order valence-corrected chi connectivity index (χ3v) is 2.94. The van der Waals surface area contributed by atoms with Crippen molar-refractivity contribution >= 4 is 17.9 Å². The van der Waals surface area contributed by atoms with Gasteiger partial charge in [0.25, 0.3) is 5.91 Å². The maximum atomic E-state index is 11.5. The number of carbonyl (C=O) groups excluding carboxylic acids is 2. The topological polar surface area (TPSA) is 135 Å². The molecule has 21 heavy (non-hydrogen) atoms. The zero-order chi connectivity index (χ0) is 16.0. The molecule has 1 aromatic heterocycles. The van der Waals surface area contributed by atoms with Gasteiger partial charge in [-0.05, 0) is 32.4 Å². The third-order valence-electron chi connectivity index (χ3n) is 2.94. The average molecular weight is 297 g/mol. The summed E-state index contributed by atoms with van der Waals surface area (Å²) in [6.07, 6.45) is 0.308. The highest BCUT2D eigenvalue weighted by molar-refractivity contribution is 5.89. The summed E-state index contributed by atoms with van der Waals surface area (Å²) in [5.41, 5.74) is 4.14. The van der Waals surface area contributed by atoms with Gasteiger partial charge in [-0.2, -0.15) is 0 Å². The zero-order valence-electron chi connectivity index (χ0n) is 11.9. The summed E-state index contributed by atoms with van der Waals surface area (Å²) < 4.78 is 5.09. The van der Waals surface area contributed by atoms with Gasteiger partial charge >= 0.3 is 12.0 Å². The fourth-order valence-corrected chi connectivity index (χ4v) is 1.43. The number of aliphatic carboxylic acids is 1. The fourth-order valence-electron chi connectivity index (χ4n) is 1.43. The van der Waals surface area contributed by atoms with Crippen LogP contribution in [0.3, 0.4) is 0 Å². The van der Waals surface area contributed by atoms with E-state index in [0.29, 0.717) is 12.2 Å². The van der Waals surface area contributed by atoms with Gasteiger partial charge in [0.05, 0.1) is 12.0 Å². The van der Waals surface area contributed by atoms with E-state index in [1.54, 1.807) is 13.8 Å². The third kappa shape index (κ3) is 5.17. The number of hydrogen-bond donors (Lipinski definition) is 4. The Hall–Kier alpha value is -2.51. The maximum Gasteiger partial charge on any atom is 0.315 e. The molecular weight excluding hydrogens is 278 g/mol. The molecule has 0 fully saturated rings. The zero-order valence-corrected chi connectivity index (χ0v) is 11.9. The second-order valence-corrected chi connectivity index (χ2v) is 5.18. The molecule has 116 valence electrons. The SMILES string of the molecule is CC(C)(CCNC(=O)NCc1ccc(C(N)=O)o1)C(=O)O. The second-order valence-electron chi connectivity index (χ2n) is 5.18. The van der Waals surface area contributed by atoms with E-state index >= 15 is 0 Å². The summed E-state index contributed by atoms with van der Waals surface area (Å²) in [5, 5.41) is 14.0. The lowest BCUT2D eigenvalue weighted by Crippen LogP contribution is -2.38. The van der Waals surface area contributed by atoms with Crippen molar-refractivity contribution in [3.8, 4) is 0 Å². The van der Waals surface area contributed by atoms with E-state index in [1.165, 1.54) is 12.1 Å². The number of furan rings is 1. The molecular formula is C13H19N3O5. The molecule has 0 aliphatic carbocycles. The molecule has 0 radical (unpaired) electrons.